The van der Waals surface area contributed by atoms with Gasteiger partial charge in [-0.15, -0.1) is 0 Å². The highest BCUT2D eigenvalue weighted by atomic mass is 32.2. The number of amides is 1. The summed E-state index contributed by atoms with van der Waals surface area (Å²) < 4.78 is 32.7. The van der Waals surface area contributed by atoms with Crippen molar-refractivity contribution in [2.45, 2.75) is 31.1 Å². The lowest BCUT2D eigenvalue weighted by Crippen LogP contribution is -2.23. The smallest absolute Gasteiger partial charge is 0.338 e. The number of nitrogens with one attached hydrogen (secondary N) is 2. The average molecular weight is 471 g/mol. The monoisotopic (exact) mass is 470 g/mol. The van der Waals surface area contributed by atoms with Gasteiger partial charge >= 0.3 is 5.97 Å². The van der Waals surface area contributed by atoms with Gasteiger partial charge in [0, 0.05) is 11.5 Å². The Hall–Kier alpha value is -3.50. The van der Waals surface area contributed by atoms with E-state index in [1.165, 1.54) is 31.3 Å². The molecule has 0 saturated carbocycles. The van der Waals surface area contributed by atoms with Gasteiger partial charge in [0.05, 0.1) is 21.8 Å². The van der Waals surface area contributed by atoms with Crippen LogP contribution in [0.15, 0.2) is 65.6 Å². The highest BCUT2D eigenvalue weighted by molar-refractivity contribution is 7.89. The molecule has 0 saturated heterocycles. The number of rotatable bonds is 7. The maximum absolute atomic E-state index is 12.5. The van der Waals surface area contributed by atoms with Gasteiger partial charge in [-0.3, -0.25) is 4.79 Å². The summed E-state index contributed by atoms with van der Waals surface area (Å²) in [4.78, 5) is 24.8. The second-order valence-corrected chi connectivity index (χ2v) is 10.2. The van der Waals surface area contributed by atoms with Gasteiger partial charge < -0.3 is 10.1 Å². The Morgan fingerprint density at radius 3 is 2.36 bits per heavy atom. The number of aromatic nitrogens is 2. The van der Waals surface area contributed by atoms with E-state index < -0.39 is 28.5 Å². The molecule has 0 radical (unpaired) electrons. The molecular weight excluding hydrogens is 444 g/mol. The molecule has 0 fully saturated rings. The molecule has 0 aliphatic heterocycles. The molecule has 10 heteroatoms. The number of para-hydroxylation sites is 1. The van der Waals surface area contributed by atoms with Crippen LogP contribution in [0.4, 0.5) is 5.82 Å². The van der Waals surface area contributed by atoms with Crippen LogP contribution in [0.3, 0.4) is 0 Å². The van der Waals surface area contributed by atoms with Crippen molar-refractivity contribution in [2.75, 3.05) is 19.0 Å². The fourth-order valence-corrected chi connectivity index (χ4v) is 3.68. The van der Waals surface area contributed by atoms with Crippen LogP contribution < -0.4 is 10.0 Å². The van der Waals surface area contributed by atoms with Crippen molar-refractivity contribution >= 4 is 27.7 Å². The van der Waals surface area contributed by atoms with Crippen molar-refractivity contribution in [3.8, 4) is 5.69 Å². The normalized spacial score (nSPS) is 11.8. The lowest BCUT2D eigenvalue weighted by molar-refractivity contribution is -0.119. The van der Waals surface area contributed by atoms with Crippen molar-refractivity contribution in [3.63, 3.8) is 0 Å². The Labute approximate surface area is 192 Å². The summed E-state index contributed by atoms with van der Waals surface area (Å²) in [6, 6.07) is 16.5. The van der Waals surface area contributed by atoms with Crippen molar-refractivity contribution < 1.29 is 22.7 Å². The minimum absolute atomic E-state index is 0.0171. The van der Waals surface area contributed by atoms with Gasteiger partial charge in [-0.1, -0.05) is 45.0 Å². The highest BCUT2D eigenvalue weighted by Crippen LogP contribution is 2.26. The molecule has 9 nitrogen and oxygen atoms in total. The first-order valence-corrected chi connectivity index (χ1v) is 11.7. The predicted octanol–water partition coefficient (Wildman–Crippen LogP) is 2.87. The molecule has 2 N–H and O–H groups in total. The van der Waals surface area contributed by atoms with E-state index in [0.717, 1.165) is 11.4 Å². The maximum Gasteiger partial charge on any atom is 0.338 e. The summed E-state index contributed by atoms with van der Waals surface area (Å²) in [6.07, 6.45) is 0. The van der Waals surface area contributed by atoms with Gasteiger partial charge in [-0.2, -0.15) is 5.10 Å². The first kappa shape index (κ1) is 24.1. The second-order valence-electron chi connectivity index (χ2n) is 8.27. The zero-order chi connectivity index (χ0) is 24.2. The Bertz CT molecular complexity index is 1260. The van der Waals surface area contributed by atoms with Crippen LogP contribution in [-0.4, -0.2) is 43.7 Å². The number of ether oxygens (including phenoxy) is 1. The van der Waals surface area contributed by atoms with E-state index in [1.807, 2.05) is 51.1 Å². The van der Waals surface area contributed by atoms with Crippen molar-refractivity contribution in [1.29, 1.82) is 0 Å². The van der Waals surface area contributed by atoms with Gasteiger partial charge in [0.15, 0.2) is 6.61 Å². The van der Waals surface area contributed by atoms with Crippen LogP contribution in [0, 0.1) is 0 Å². The number of hydrogen-bond donors (Lipinski definition) is 2. The molecule has 1 heterocycles. The molecule has 33 heavy (non-hydrogen) atoms. The number of nitrogens with zero attached hydrogens (tertiary/aromatic N) is 2. The third-order valence-electron chi connectivity index (χ3n) is 4.73. The largest absolute Gasteiger partial charge is 0.452 e. The number of carbonyl (C=O) groups is 2. The molecule has 2 aromatic carbocycles. The van der Waals surface area contributed by atoms with Gasteiger partial charge in [0.25, 0.3) is 5.91 Å². The zero-order valence-corrected chi connectivity index (χ0v) is 19.6. The molecule has 1 amide bonds. The number of hydrogen-bond acceptors (Lipinski definition) is 6. The molecule has 0 aliphatic carbocycles. The average Bonchev–Trinajstić information content (AvgIpc) is 3.22. The maximum atomic E-state index is 12.5. The van der Waals surface area contributed by atoms with E-state index >= 15 is 0 Å². The third kappa shape index (κ3) is 5.85. The van der Waals surface area contributed by atoms with Crippen LogP contribution in [-0.2, 0) is 25.0 Å². The van der Waals surface area contributed by atoms with E-state index in [0.29, 0.717) is 5.82 Å². The molecule has 0 unspecified atom stereocenters. The summed E-state index contributed by atoms with van der Waals surface area (Å²) in [5.41, 5.74) is 1.32. The van der Waals surface area contributed by atoms with Crippen LogP contribution >= 0.6 is 0 Å². The van der Waals surface area contributed by atoms with Crippen LogP contribution in [0.25, 0.3) is 5.69 Å². The summed E-state index contributed by atoms with van der Waals surface area (Å²) in [6.45, 7) is 5.49. The highest BCUT2D eigenvalue weighted by Gasteiger charge is 2.22. The van der Waals surface area contributed by atoms with Crippen molar-refractivity contribution in [2.24, 2.45) is 0 Å². The van der Waals surface area contributed by atoms with Crippen molar-refractivity contribution in [1.82, 2.24) is 14.5 Å². The number of anilines is 1. The van der Waals surface area contributed by atoms with Crippen LogP contribution in [0.2, 0.25) is 0 Å². The lowest BCUT2D eigenvalue weighted by Gasteiger charge is -2.14. The van der Waals surface area contributed by atoms with E-state index in [2.05, 4.69) is 15.1 Å². The topological polar surface area (TPSA) is 119 Å². The molecular formula is C23H26N4O5S. The Morgan fingerprint density at radius 2 is 1.73 bits per heavy atom. The van der Waals surface area contributed by atoms with Crippen LogP contribution in [0.5, 0.6) is 0 Å². The van der Waals surface area contributed by atoms with Crippen molar-refractivity contribution in [3.05, 3.63) is 71.9 Å². The first-order valence-electron chi connectivity index (χ1n) is 10.2. The zero-order valence-electron chi connectivity index (χ0n) is 18.8. The summed E-state index contributed by atoms with van der Waals surface area (Å²) in [5, 5.41) is 7.35. The summed E-state index contributed by atoms with van der Waals surface area (Å²) >= 11 is 0. The van der Waals surface area contributed by atoms with E-state index in [-0.39, 0.29) is 15.9 Å². The summed E-state index contributed by atoms with van der Waals surface area (Å²) in [5.74, 6) is -0.931. The molecule has 3 aromatic rings. The fourth-order valence-electron chi connectivity index (χ4n) is 2.90. The minimum Gasteiger partial charge on any atom is -0.452 e. The first-order chi connectivity index (χ1) is 15.5. The van der Waals surface area contributed by atoms with E-state index in [9.17, 15) is 18.0 Å². The molecule has 174 valence electrons. The molecule has 0 spiro atoms. The molecule has 0 atom stereocenters. The fraction of sp³-hybridized carbons (Fsp3) is 0.261. The number of benzene rings is 2. The summed E-state index contributed by atoms with van der Waals surface area (Å²) in [7, 11) is -2.44. The molecule has 0 aliphatic rings. The Morgan fingerprint density at radius 1 is 1.03 bits per heavy atom. The molecule has 3 rings (SSSR count). The second kappa shape index (κ2) is 9.55. The van der Waals surface area contributed by atoms with E-state index in [1.54, 1.807) is 10.7 Å². The Balaban J connectivity index is 1.73. The predicted molar refractivity (Wildman–Crippen MR) is 124 cm³/mol. The Kier molecular flexibility index (Phi) is 6.99. The van der Waals surface area contributed by atoms with Crippen LogP contribution in [0.1, 0.15) is 36.8 Å². The van der Waals surface area contributed by atoms with E-state index in [4.69, 9.17) is 4.74 Å². The number of carbonyl (C=O) groups excluding carboxylic acids is 2. The quantitative estimate of drug-likeness (QED) is 0.513. The van der Waals surface area contributed by atoms with Gasteiger partial charge in [0.1, 0.15) is 5.82 Å². The third-order valence-corrected chi connectivity index (χ3v) is 6.14. The SMILES string of the molecule is CNS(=O)(=O)c1cccc(C(=O)OCC(=O)Nc2cc(C(C)(C)C)nn2-c2ccccc2)c1. The van der Waals surface area contributed by atoms with Gasteiger partial charge in [-0.05, 0) is 37.4 Å². The number of sulfonamides is 1. The molecule has 0 bridgehead atoms. The minimum atomic E-state index is -3.71. The van der Waals surface area contributed by atoms with Gasteiger partial charge in [0.2, 0.25) is 10.0 Å². The molecule has 1 aromatic heterocycles. The van der Waals surface area contributed by atoms with Gasteiger partial charge in [-0.25, -0.2) is 22.6 Å². The number of esters is 1. The standard InChI is InChI=1S/C23H26N4O5S/c1-23(2,3)19-14-20(27(26-19)17-10-6-5-7-11-17)25-21(28)15-32-22(29)16-9-8-12-18(13-16)33(30,31)24-4/h5-14,24H,15H2,1-4H3,(H,25,28). The lowest BCUT2D eigenvalue weighted by atomic mass is 9.92.